The normalized spacial score (nSPS) is 28.5. The highest BCUT2D eigenvalue weighted by Crippen LogP contribution is 2.45. The van der Waals surface area contributed by atoms with E-state index >= 15 is 0 Å². The molecule has 2 aliphatic heterocycles. The number of carbonyl (C=O) groups is 4. The molecule has 0 unspecified atom stereocenters. The molecule has 3 N–H and O–H groups in total. The van der Waals surface area contributed by atoms with Gasteiger partial charge in [-0.05, 0) is 74.9 Å². The zero-order chi connectivity index (χ0) is 31.6. The molecule has 0 spiro atoms. The highest BCUT2D eigenvalue weighted by Gasteiger charge is 2.61. The summed E-state index contributed by atoms with van der Waals surface area (Å²) in [6.45, 7) is 5.15. The Balaban J connectivity index is 1.49. The minimum atomic E-state index is -1.46. The van der Waals surface area contributed by atoms with Crippen LogP contribution in [0.4, 0.5) is 4.79 Å². The summed E-state index contributed by atoms with van der Waals surface area (Å²) in [5, 5.41) is 23.5. The third-order valence-corrected chi connectivity index (χ3v) is 9.06. The van der Waals surface area contributed by atoms with E-state index in [4.69, 9.17) is 4.74 Å². The number of nitrogens with zero attached hydrogens (tertiary/aromatic N) is 3. The molecule has 0 radical (unpaired) electrons. The van der Waals surface area contributed by atoms with E-state index in [1.807, 2.05) is 29.0 Å². The summed E-state index contributed by atoms with van der Waals surface area (Å²) in [7, 11) is 0. The third kappa shape index (κ3) is 6.72. The predicted molar refractivity (Wildman–Crippen MR) is 163 cm³/mol. The number of fused-ring (bicyclic) bond motifs is 2. The number of aromatic nitrogens is 2. The van der Waals surface area contributed by atoms with Crippen LogP contribution in [0.25, 0.3) is 11.1 Å². The Bertz CT molecular complexity index is 1500. The van der Waals surface area contributed by atoms with Crippen molar-refractivity contribution in [2.45, 2.75) is 95.0 Å². The Morgan fingerprint density at radius 1 is 1.18 bits per heavy atom. The molecule has 1 saturated carbocycles. The fourth-order valence-electron chi connectivity index (χ4n) is 6.03. The summed E-state index contributed by atoms with van der Waals surface area (Å²) in [6.07, 6.45) is 8.17. The standard InChI is InChI=1S/C31H39N5O7S/c1-30(2,3)43-29(42)33-23-10-8-6-4-5-7-9-20-16-31(20,28(40)41)34-25(37)24-15-21(17-35(24)27(23)39)36-26(38)22(11-13-32-36)19-12-14-44-18-19/h7,9,11-14,18,20-21,23-24H,4-6,8,10,15-17H2,1-3H3,(H,33,42)(H,34,37)(H,40,41)/b9-7-/t20-,21+,23-,24-,31+/m0/s1. The fraction of sp³-hybridized carbons (Fsp3) is 0.548. The molecule has 13 heteroatoms. The molecule has 4 heterocycles. The molecular weight excluding hydrogens is 586 g/mol. The van der Waals surface area contributed by atoms with Crippen LogP contribution in [0.15, 0.2) is 46.0 Å². The number of carboxylic acids is 1. The number of aliphatic carboxylic acids is 1. The molecule has 0 bridgehead atoms. The first-order valence-corrected chi connectivity index (χ1v) is 16.0. The van der Waals surface area contributed by atoms with E-state index in [0.29, 0.717) is 18.4 Å². The van der Waals surface area contributed by atoms with E-state index in [0.717, 1.165) is 24.8 Å². The van der Waals surface area contributed by atoms with Crippen LogP contribution in [-0.2, 0) is 19.1 Å². The van der Waals surface area contributed by atoms with Crippen LogP contribution in [0, 0.1) is 5.92 Å². The smallest absolute Gasteiger partial charge is 0.408 e. The Kier molecular flexibility index (Phi) is 8.96. The van der Waals surface area contributed by atoms with Gasteiger partial charge in [-0.15, -0.1) is 0 Å². The van der Waals surface area contributed by atoms with Gasteiger partial charge in [0.15, 0.2) is 0 Å². The maximum absolute atomic E-state index is 14.2. The van der Waals surface area contributed by atoms with Crippen LogP contribution in [0.1, 0.15) is 71.8 Å². The van der Waals surface area contributed by atoms with Gasteiger partial charge in [0.05, 0.1) is 11.6 Å². The molecule has 3 amide bonds. The summed E-state index contributed by atoms with van der Waals surface area (Å²) in [4.78, 5) is 68.1. The number of alkyl carbamates (subject to hydrolysis) is 1. The summed E-state index contributed by atoms with van der Waals surface area (Å²) in [6, 6.07) is 0.743. The van der Waals surface area contributed by atoms with Crippen molar-refractivity contribution < 1.29 is 29.0 Å². The van der Waals surface area contributed by atoms with Crippen LogP contribution in [0.3, 0.4) is 0 Å². The maximum atomic E-state index is 14.2. The van der Waals surface area contributed by atoms with Gasteiger partial charge in [0, 0.05) is 25.1 Å². The van der Waals surface area contributed by atoms with Crippen LogP contribution in [0.5, 0.6) is 0 Å². The van der Waals surface area contributed by atoms with Crippen molar-refractivity contribution in [1.82, 2.24) is 25.3 Å². The second kappa shape index (κ2) is 12.5. The molecule has 1 aliphatic carbocycles. The highest BCUT2D eigenvalue weighted by atomic mass is 32.1. The second-order valence-corrected chi connectivity index (χ2v) is 13.5. The Morgan fingerprint density at radius 3 is 2.68 bits per heavy atom. The third-order valence-electron chi connectivity index (χ3n) is 8.38. The first-order chi connectivity index (χ1) is 20.9. The largest absolute Gasteiger partial charge is 0.479 e. The van der Waals surface area contributed by atoms with E-state index in [1.165, 1.54) is 27.1 Å². The lowest BCUT2D eigenvalue weighted by Gasteiger charge is -2.30. The number of ether oxygens (including phenoxy) is 1. The zero-order valence-corrected chi connectivity index (χ0v) is 26.0. The van der Waals surface area contributed by atoms with Gasteiger partial charge < -0.3 is 25.4 Å². The molecule has 2 fully saturated rings. The van der Waals surface area contributed by atoms with E-state index in [2.05, 4.69) is 15.7 Å². The number of rotatable bonds is 4. The summed E-state index contributed by atoms with van der Waals surface area (Å²) in [5.74, 6) is -2.61. The lowest BCUT2D eigenvalue weighted by atomic mass is 10.0. The summed E-state index contributed by atoms with van der Waals surface area (Å²) >= 11 is 1.46. The molecule has 236 valence electrons. The quantitative estimate of drug-likeness (QED) is 0.436. The van der Waals surface area contributed by atoms with Gasteiger partial charge in [-0.1, -0.05) is 25.0 Å². The van der Waals surface area contributed by atoms with Crippen molar-refractivity contribution in [1.29, 1.82) is 0 Å². The summed E-state index contributed by atoms with van der Waals surface area (Å²) < 4.78 is 6.73. The Morgan fingerprint density at radius 2 is 1.98 bits per heavy atom. The van der Waals surface area contributed by atoms with Crippen molar-refractivity contribution in [2.75, 3.05) is 6.54 Å². The number of nitrogens with one attached hydrogen (secondary N) is 2. The highest BCUT2D eigenvalue weighted by molar-refractivity contribution is 7.08. The maximum Gasteiger partial charge on any atom is 0.408 e. The number of thiophene rings is 1. The van der Waals surface area contributed by atoms with Gasteiger partial charge in [0.2, 0.25) is 11.8 Å². The van der Waals surface area contributed by atoms with Gasteiger partial charge in [-0.2, -0.15) is 16.4 Å². The molecule has 0 aromatic carbocycles. The fourth-order valence-corrected chi connectivity index (χ4v) is 6.69. The van der Waals surface area contributed by atoms with Crippen molar-refractivity contribution in [3.05, 3.63) is 51.6 Å². The van der Waals surface area contributed by atoms with Crippen LogP contribution < -0.4 is 16.2 Å². The monoisotopic (exact) mass is 625 g/mol. The number of hydrogen-bond donors (Lipinski definition) is 3. The van der Waals surface area contributed by atoms with Gasteiger partial charge in [-0.25, -0.2) is 14.3 Å². The van der Waals surface area contributed by atoms with E-state index in [-0.39, 0.29) is 30.9 Å². The molecule has 3 aliphatic rings. The van der Waals surface area contributed by atoms with Crippen LogP contribution >= 0.6 is 11.3 Å². The van der Waals surface area contributed by atoms with Gasteiger partial charge >= 0.3 is 12.1 Å². The van der Waals surface area contributed by atoms with Crippen molar-refractivity contribution in [2.24, 2.45) is 5.92 Å². The first-order valence-electron chi connectivity index (χ1n) is 15.0. The molecule has 2 aromatic heterocycles. The molecule has 2 aromatic rings. The summed E-state index contributed by atoms with van der Waals surface area (Å²) in [5.41, 5.74) is -1.40. The lowest BCUT2D eigenvalue weighted by molar-refractivity contribution is -0.145. The number of carbonyl (C=O) groups excluding carboxylic acids is 3. The van der Waals surface area contributed by atoms with Gasteiger partial charge in [-0.3, -0.25) is 14.4 Å². The number of carboxylic acid groups (broad SMARTS) is 1. The van der Waals surface area contributed by atoms with Crippen molar-refractivity contribution in [3.63, 3.8) is 0 Å². The Labute approximate surface area is 259 Å². The van der Waals surface area contributed by atoms with Crippen LogP contribution in [-0.4, -0.2) is 73.4 Å². The first kappa shape index (κ1) is 31.4. The predicted octanol–water partition coefficient (Wildman–Crippen LogP) is 3.49. The average Bonchev–Trinajstić information content (AvgIpc) is 3.29. The Hall–Kier alpha value is -4.00. The molecule has 5 rings (SSSR count). The minimum absolute atomic E-state index is 0.0210. The van der Waals surface area contributed by atoms with E-state index in [9.17, 15) is 29.1 Å². The van der Waals surface area contributed by atoms with Crippen molar-refractivity contribution >= 4 is 35.2 Å². The topological polar surface area (TPSA) is 160 Å². The van der Waals surface area contributed by atoms with E-state index in [1.54, 1.807) is 26.8 Å². The molecular formula is C31H39N5O7S. The lowest BCUT2D eigenvalue weighted by Crippen LogP contribution is -2.56. The van der Waals surface area contributed by atoms with Gasteiger partial charge in [0.25, 0.3) is 5.56 Å². The minimum Gasteiger partial charge on any atom is -0.479 e. The second-order valence-electron chi connectivity index (χ2n) is 12.7. The molecule has 1 saturated heterocycles. The van der Waals surface area contributed by atoms with Crippen LogP contribution in [0.2, 0.25) is 0 Å². The zero-order valence-electron chi connectivity index (χ0n) is 25.2. The molecule has 12 nitrogen and oxygen atoms in total. The number of amides is 3. The molecule has 44 heavy (non-hydrogen) atoms. The number of allylic oxidation sites excluding steroid dienone is 1. The van der Waals surface area contributed by atoms with Crippen molar-refractivity contribution in [3.8, 4) is 11.1 Å². The average molecular weight is 626 g/mol. The molecule has 5 atom stereocenters. The van der Waals surface area contributed by atoms with Gasteiger partial charge in [0.1, 0.15) is 23.2 Å². The number of hydrogen-bond acceptors (Lipinski definition) is 8. The van der Waals surface area contributed by atoms with E-state index < -0.39 is 53.1 Å². The SMILES string of the molecule is CC(C)(C)OC(=O)N[C@H]1CCCCC/C=C\[C@H]2C[C@@]2(C(=O)O)NC(=O)[C@@H]2C[C@@H](n3nccc(-c4ccsc4)c3=O)CN2C1=O.